The third-order valence-electron chi connectivity index (χ3n) is 4.55. The van der Waals surface area contributed by atoms with Gasteiger partial charge in [0, 0.05) is 6.20 Å². The second kappa shape index (κ2) is 3.49. The smallest absolute Gasteiger partial charge is 0.179 e. The van der Waals surface area contributed by atoms with Gasteiger partial charge in [-0.3, -0.25) is 4.57 Å². The van der Waals surface area contributed by atoms with Gasteiger partial charge in [0.05, 0.1) is 5.39 Å². The fourth-order valence-electron chi connectivity index (χ4n) is 3.14. The van der Waals surface area contributed by atoms with E-state index < -0.39 is 35.5 Å². The normalized spacial score (nSPS) is 41.5. The highest BCUT2D eigenvalue weighted by Gasteiger charge is 2.85. The van der Waals surface area contributed by atoms with Crippen LogP contribution in [0.25, 0.3) is 11.0 Å². The van der Waals surface area contributed by atoms with Crippen molar-refractivity contribution >= 4 is 16.9 Å². The van der Waals surface area contributed by atoms with Gasteiger partial charge in [-0.2, -0.15) is 0 Å². The second-order valence-corrected chi connectivity index (χ2v) is 5.59. The Hall–Kier alpha value is -1.84. The van der Waals surface area contributed by atoms with Gasteiger partial charge in [-0.05, 0) is 6.92 Å². The molecule has 7 nitrogen and oxygen atoms in total. The Labute approximate surface area is 117 Å². The van der Waals surface area contributed by atoms with E-state index in [0.717, 1.165) is 17.1 Å². The van der Waals surface area contributed by atoms with Crippen molar-refractivity contribution in [2.75, 3.05) is 5.73 Å². The molecule has 4 rings (SSSR count). The van der Waals surface area contributed by atoms with Crippen molar-refractivity contribution in [1.29, 1.82) is 0 Å². The lowest BCUT2D eigenvalue weighted by Crippen LogP contribution is -2.33. The minimum atomic E-state index is -2.00. The maximum Gasteiger partial charge on any atom is 0.179 e. The maximum absolute atomic E-state index is 14.5. The molecule has 0 radical (unpaired) electrons. The number of aliphatic hydroxyl groups is 2. The number of halogens is 2. The summed E-state index contributed by atoms with van der Waals surface area (Å²) in [7, 11) is 0. The van der Waals surface area contributed by atoms with Crippen LogP contribution in [0.1, 0.15) is 13.2 Å². The number of aromatic nitrogens is 3. The van der Waals surface area contributed by atoms with Crippen LogP contribution in [-0.4, -0.2) is 48.2 Å². The van der Waals surface area contributed by atoms with Crippen LogP contribution in [0.5, 0.6) is 0 Å². The number of anilines is 1. The van der Waals surface area contributed by atoms with Gasteiger partial charge in [-0.25, -0.2) is 18.7 Å². The van der Waals surface area contributed by atoms with Crippen LogP contribution in [-0.2, 0) is 4.74 Å². The van der Waals surface area contributed by atoms with Gasteiger partial charge in [-0.1, -0.05) is 0 Å². The van der Waals surface area contributed by atoms with Crippen molar-refractivity contribution in [2.24, 2.45) is 0 Å². The molecule has 1 aliphatic heterocycles. The minimum Gasteiger partial charge on any atom is -0.387 e. The van der Waals surface area contributed by atoms with Crippen molar-refractivity contribution in [1.82, 2.24) is 14.5 Å². The monoisotopic (exact) mass is 298 g/mol. The molecule has 2 fully saturated rings. The highest BCUT2D eigenvalue weighted by Crippen LogP contribution is 2.63. The summed E-state index contributed by atoms with van der Waals surface area (Å²) in [5.41, 5.74) is 2.24. The van der Waals surface area contributed by atoms with E-state index >= 15 is 0 Å². The standard InChI is InChI=1S/C12H12F2N4O3/c1-11-10(19)12(11,20)6(14)9(21-11)18-2-4(13)5-7(15)16-3-17-8(5)18/h2-3,6,9-10,19-20H,1H3,(H2,15,16,17). The van der Waals surface area contributed by atoms with Crippen molar-refractivity contribution in [3.05, 3.63) is 18.3 Å². The molecular formula is C12H12F2N4O3. The summed E-state index contributed by atoms with van der Waals surface area (Å²) in [6.45, 7) is 1.40. The number of rotatable bonds is 1. The molecule has 21 heavy (non-hydrogen) atoms. The van der Waals surface area contributed by atoms with Crippen LogP contribution < -0.4 is 5.73 Å². The number of nitrogen functional groups attached to an aromatic ring is 1. The molecule has 9 heteroatoms. The molecule has 0 bridgehead atoms. The van der Waals surface area contributed by atoms with Crippen LogP contribution in [0.4, 0.5) is 14.6 Å². The predicted octanol–water partition coefficient (Wildman–Crippen LogP) is -0.116. The predicted molar refractivity (Wildman–Crippen MR) is 66.3 cm³/mol. The third-order valence-corrected chi connectivity index (χ3v) is 4.55. The fourth-order valence-corrected chi connectivity index (χ4v) is 3.14. The van der Waals surface area contributed by atoms with Crippen LogP contribution >= 0.6 is 0 Å². The average molecular weight is 298 g/mol. The minimum absolute atomic E-state index is 0.0356. The van der Waals surface area contributed by atoms with Crippen LogP contribution in [0.15, 0.2) is 12.5 Å². The zero-order valence-electron chi connectivity index (χ0n) is 10.9. The van der Waals surface area contributed by atoms with Crippen molar-refractivity contribution in [3.8, 4) is 0 Å². The van der Waals surface area contributed by atoms with E-state index in [1.54, 1.807) is 0 Å². The Morgan fingerprint density at radius 2 is 2.19 bits per heavy atom. The molecule has 0 aromatic carbocycles. The Balaban J connectivity index is 1.85. The summed E-state index contributed by atoms with van der Waals surface area (Å²) in [4.78, 5) is 7.57. The van der Waals surface area contributed by atoms with E-state index in [-0.39, 0.29) is 16.9 Å². The molecule has 3 heterocycles. The molecule has 1 aliphatic carbocycles. The number of hydrogen-bond donors (Lipinski definition) is 3. The quantitative estimate of drug-likeness (QED) is 0.678. The van der Waals surface area contributed by atoms with E-state index in [2.05, 4.69) is 9.97 Å². The number of alkyl halides is 1. The van der Waals surface area contributed by atoms with Crippen molar-refractivity contribution in [2.45, 2.75) is 36.6 Å². The lowest BCUT2D eigenvalue weighted by atomic mass is 10.1. The maximum atomic E-state index is 14.5. The Morgan fingerprint density at radius 1 is 1.48 bits per heavy atom. The second-order valence-electron chi connectivity index (χ2n) is 5.59. The van der Waals surface area contributed by atoms with Gasteiger partial charge in [0.1, 0.15) is 23.9 Å². The molecule has 0 spiro atoms. The molecule has 2 aromatic heterocycles. The molecule has 112 valence electrons. The topological polar surface area (TPSA) is 106 Å². The first-order valence-electron chi connectivity index (χ1n) is 6.31. The number of nitrogens with zero attached hydrogens (tertiary/aromatic N) is 3. The fraction of sp³-hybridized carbons (Fsp3) is 0.500. The SMILES string of the molecule is CC12OC(n3cc(F)c4c(N)ncnc43)C(F)C1(O)C2O. The average Bonchev–Trinajstić information content (AvgIpc) is 2.74. The Bertz CT molecular complexity index is 768. The summed E-state index contributed by atoms with van der Waals surface area (Å²) in [5.74, 6) is -0.781. The van der Waals surface area contributed by atoms with E-state index in [9.17, 15) is 19.0 Å². The molecule has 1 saturated heterocycles. The summed E-state index contributed by atoms with van der Waals surface area (Å²) < 4.78 is 35.0. The van der Waals surface area contributed by atoms with Gasteiger partial charge in [0.2, 0.25) is 0 Å². The van der Waals surface area contributed by atoms with E-state index in [1.807, 2.05) is 0 Å². The summed E-state index contributed by atoms with van der Waals surface area (Å²) >= 11 is 0. The molecule has 0 amide bonds. The third kappa shape index (κ3) is 1.23. The zero-order valence-corrected chi connectivity index (χ0v) is 10.9. The Kier molecular flexibility index (Phi) is 2.14. The molecule has 5 unspecified atom stereocenters. The number of fused-ring (bicyclic) bond motifs is 2. The van der Waals surface area contributed by atoms with Crippen molar-refractivity contribution in [3.63, 3.8) is 0 Å². The lowest BCUT2D eigenvalue weighted by Gasteiger charge is -2.21. The first kappa shape index (κ1) is 12.9. The van der Waals surface area contributed by atoms with E-state index in [1.165, 1.54) is 6.92 Å². The van der Waals surface area contributed by atoms with Gasteiger partial charge in [-0.15, -0.1) is 0 Å². The summed E-state index contributed by atoms with van der Waals surface area (Å²) in [6, 6.07) is 0. The molecule has 4 N–H and O–H groups in total. The molecule has 1 saturated carbocycles. The van der Waals surface area contributed by atoms with Crippen LogP contribution in [0.2, 0.25) is 0 Å². The number of nitrogens with two attached hydrogens (primary N) is 1. The molecular weight excluding hydrogens is 286 g/mol. The lowest BCUT2D eigenvalue weighted by molar-refractivity contribution is -0.0841. The number of hydrogen-bond acceptors (Lipinski definition) is 6. The molecule has 2 aliphatic rings. The molecule has 2 aromatic rings. The van der Waals surface area contributed by atoms with Gasteiger partial charge < -0.3 is 20.7 Å². The number of ether oxygens (including phenoxy) is 1. The van der Waals surface area contributed by atoms with Crippen LogP contribution in [0.3, 0.4) is 0 Å². The highest BCUT2D eigenvalue weighted by atomic mass is 19.1. The van der Waals surface area contributed by atoms with Gasteiger partial charge in [0.15, 0.2) is 29.5 Å². The largest absolute Gasteiger partial charge is 0.387 e. The highest BCUT2D eigenvalue weighted by molar-refractivity contribution is 5.86. The van der Waals surface area contributed by atoms with Crippen molar-refractivity contribution < 1.29 is 23.7 Å². The number of aliphatic hydroxyl groups excluding tert-OH is 1. The first-order valence-corrected chi connectivity index (χ1v) is 6.31. The summed E-state index contributed by atoms with van der Waals surface area (Å²) in [5, 5.41) is 19.7. The Morgan fingerprint density at radius 3 is 2.81 bits per heavy atom. The first-order chi connectivity index (χ1) is 9.82. The van der Waals surface area contributed by atoms with Gasteiger partial charge in [0.25, 0.3) is 0 Å². The van der Waals surface area contributed by atoms with E-state index in [0.29, 0.717) is 0 Å². The molecule has 5 atom stereocenters. The van der Waals surface area contributed by atoms with Gasteiger partial charge >= 0.3 is 0 Å². The zero-order chi connectivity index (χ0) is 15.2. The van der Waals surface area contributed by atoms with E-state index in [4.69, 9.17) is 10.5 Å². The van der Waals surface area contributed by atoms with Crippen LogP contribution in [0, 0.1) is 5.82 Å². The summed E-state index contributed by atoms with van der Waals surface area (Å²) in [6.07, 6.45) is -2.42.